The average molecular weight is 238 g/mol. The van der Waals surface area contributed by atoms with Gasteiger partial charge < -0.3 is 5.73 Å². The quantitative estimate of drug-likeness (QED) is 0.887. The molecule has 0 aromatic carbocycles. The van der Waals surface area contributed by atoms with Crippen LogP contribution in [0.2, 0.25) is 0 Å². The van der Waals surface area contributed by atoms with E-state index < -0.39 is 0 Å². The Morgan fingerprint density at radius 1 is 1.40 bits per heavy atom. The zero-order valence-electron chi connectivity index (χ0n) is 8.12. The third-order valence-corrected chi connectivity index (χ3v) is 3.46. The van der Waals surface area contributed by atoms with Crippen molar-refractivity contribution in [1.82, 2.24) is 14.3 Å². The van der Waals surface area contributed by atoms with E-state index in [4.69, 9.17) is 5.73 Å². The molecule has 0 spiro atoms. The fraction of sp³-hybridized carbons (Fsp3) is 0.222. The van der Waals surface area contributed by atoms with Crippen LogP contribution in [-0.4, -0.2) is 14.3 Å². The molecule has 0 saturated carbocycles. The number of nitrogens with zero attached hydrogens (tertiary/aromatic N) is 3. The van der Waals surface area contributed by atoms with Gasteiger partial charge in [0.05, 0.1) is 5.69 Å². The fourth-order valence-electron chi connectivity index (χ4n) is 1.03. The van der Waals surface area contributed by atoms with Gasteiger partial charge in [-0.3, -0.25) is 4.98 Å². The molecule has 2 heterocycles. The van der Waals surface area contributed by atoms with Gasteiger partial charge in [0.1, 0.15) is 6.33 Å². The second-order valence-corrected chi connectivity index (χ2v) is 5.12. The van der Waals surface area contributed by atoms with Crippen molar-refractivity contribution in [2.24, 2.45) is 5.73 Å². The van der Waals surface area contributed by atoms with E-state index in [1.54, 1.807) is 18.1 Å². The van der Waals surface area contributed by atoms with Gasteiger partial charge in [-0.05, 0) is 30.6 Å². The predicted molar refractivity (Wildman–Crippen MR) is 60.9 cm³/mol. The Labute approximate surface area is 96.1 Å². The van der Waals surface area contributed by atoms with Crippen molar-refractivity contribution in [3.63, 3.8) is 0 Å². The first kappa shape index (κ1) is 10.5. The normalized spacial score (nSPS) is 12.7. The zero-order valence-corrected chi connectivity index (χ0v) is 9.76. The molecule has 0 aliphatic carbocycles. The Bertz CT molecular complexity index is 410. The van der Waals surface area contributed by atoms with Gasteiger partial charge in [-0.15, -0.1) is 0 Å². The summed E-state index contributed by atoms with van der Waals surface area (Å²) >= 11 is 2.93. The minimum absolute atomic E-state index is 0.0226. The summed E-state index contributed by atoms with van der Waals surface area (Å²) in [6.45, 7) is 1.92. The Kier molecular flexibility index (Phi) is 3.30. The van der Waals surface area contributed by atoms with E-state index in [1.165, 1.54) is 11.5 Å². The number of nitrogens with two attached hydrogens (primary N) is 1. The van der Waals surface area contributed by atoms with Gasteiger partial charge in [0.2, 0.25) is 0 Å². The molecular formula is C9H10N4S2. The molecule has 0 bridgehead atoms. The molecule has 0 aliphatic rings. The predicted octanol–water partition coefficient (Wildman–Crippen LogP) is 2.10. The summed E-state index contributed by atoms with van der Waals surface area (Å²) in [5, 5.41) is 0. The van der Waals surface area contributed by atoms with Crippen LogP contribution in [0.15, 0.2) is 33.9 Å². The van der Waals surface area contributed by atoms with Crippen molar-refractivity contribution in [2.45, 2.75) is 22.2 Å². The summed E-state index contributed by atoms with van der Waals surface area (Å²) in [7, 11) is 0. The number of rotatable bonds is 3. The molecule has 0 unspecified atom stereocenters. The van der Waals surface area contributed by atoms with Crippen molar-refractivity contribution in [2.75, 3.05) is 0 Å². The molecule has 0 radical (unpaired) electrons. The summed E-state index contributed by atoms with van der Waals surface area (Å²) in [5.41, 5.74) is 6.61. The number of hydrogen-bond acceptors (Lipinski definition) is 6. The highest BCUT2D eigenvalue weighted by Gasteiger charge is 2.03. The monoisotopic (exact) mass is 238 g/mol. The summed E-state index contributed by atoms with van der Waals surface area (Å²) in [5.74, 6) is 0. The van der Waals surface area contributed by atoms with E-state index in [-0.39, 0.29) is 6.04 Å². The first-order chi connectivity index (χ1) is 7.25. The SMILES string of the molecule is C[C@H](N)c1ccc(Sc2ncns2)cn1. The van der Waals surface area contributed by atoms with Gasteiger partial charge >= 0.3 is 0 Å². The highest BCUT2D eigenvalue weighted by molar-refractivity contribution is 8.01. The van der Waals surface area contributed by atoms with Crippen LogP contribution >= 0.6 is 23.3 Å². The molecule has 2 aromatic rings. The van der Waals surface area contributed by atoms with Gasteiger partial charge in [0.15, 0.2) is 4.34 Å². The van der Waals surface area contributed by atoms with Crippen LogP contribution in [0.3, 0.4) is 0 Å². The van der Waals surface area contributed by atoms with Gasteiger partial charge in [-0.1, -0.05) is 11.8 Å². The molecule has 2 N–H and O–H groups in total. The maximum Gasteiger partial charge on any atom is 0.174 e. The smallest absolute Gasteiger partial charge is 0.174 e. The summed E-state index contributed by atoms with van der Waals surface area (Å²) < 4.78 is 4.86. The maximum absolute atomic E-state index is 5.71. The molecule has 0 aliphatic heterocycles. The van der Waals surface area contributed by atoms with Crippen LogP contribution < -0.4 is 5.73 Å². The van der Waals surface area contributed by atoms with Crippen molar-refractivity contribution < 1.29 is 0 Å². The fourth-order valence-corrected chi connectivity index (χ4v) is 2.42. The van der Waals surface area contributed by atoms with E-state index >= 15 is 0 Å². The van der Waals surface area contributed by atoms with Crippen molar-refractivity contribution in [1.29, 1.82) is 0 Å². The number of pyridine rings is 1. The minimum atomic E-state index is -0.0226. The van der Waals surface area contributed by atoms with Gasteiger partial charge in [-0.2, -0.15) is 4.37 Å². The van der Waals surface area contributed by atoms with Crippen molar-refractivity contribution in [3.05, 3.63) is 30.4 Å². The highest BCUT2D eigenvalue weighted by atomic mass is 32.2. The lowest BCUT2D eigenvalue weighted by atomic mass is 10.2. The van der Waals surface area contributed by atoms with Crippen LogP contribution in [0.4, 0.5) is 0 Å². The Balaban J connectivity index is 2.11. The van der Waals surface area contributed by atoms with E-state index in [0.29, 0.717) is 0 Å². The van der Waals surface area contributed by atoms with Crippen LogP contribution in [0.5, 0.6) is 0 Å². The lowest BCUT2D eigenvalue weighted by Crippen LogP contribution is -2.06. The molecule has 6 heteroatoms. The molecule has 0 fully saturated rings. The molecule has 1 atom stereocenters. The molecule has 4 nitrogen and oxygen atoms in total. The summed E-state index contributed by atoms with van der Waals surface area (Å²) in [4.78, 5) is 9.41. The molecule has 78 valence electrons. The van der Waals surface area contributed by atoms with Crippen LogP contribution in [-0.2, 0) is 0 Å². The molecule has 15 heavy (non-hydrogen) atoms. The van der Waals surface area contributed by atoms with E-state index in [0.717, 1.165) is 14.9 Å². The topological polar surface area (TPSA) is 64.7 Å². The molecular weight excluding hydrogens is 228 g/mol. The van der Waals surface area contributed by atoms with E-state index in [9.17, 15) is 0 Å². The first-order valence-corrected chi connectivity index (χ1v) is 6.01. The lowest BCUT2D eigenvalue weighted by molar-refractivity contribution is 0.777. The standard InChI is InChI=1S/C9H10N4S2/c1-6(10)8-3-2-7(4-11-8)14-9-12-5-13-15-9/h2-6H,10H2,1H3/t6-/m0/s1. The van der Waals surface area contributed by atoms with Crippen molar-refractivity contribution >= 4 is 23.3 Å². The van der Waals surface area contributed by atoms with Crippen LogP contribution in [0.1, 0.15) is 18.7 Å². The number of hydrogen-bond donors (Lipinski definition) is 1. The minimum Gasteiger partial charge on any atom is -0.323 e. The van der Waals surface area contributed by atoms with Gasteiger partial charge in [-0.25, -0.2) is 4.98 Å². The zero-order chi connectivity index (χ0) is 10.7. The molecule has 0 amide bonds. The second kappa shape index (κ2) is 4.69. The maximum atomic E-state index is 5.71. The van der Waals surface area contributed by atoms with Crippen LogP contribution in [0.25, 0.3) is 0 Å². The Morgan fingerprint density at radius 3 is 2.80 bits per heavy atom. The second-order valence-electron chi connectivity index (χ2n) is 3.02. The lowest BCUT2D eigenvalue weighted by Gasteiger charge is -2.04. The molecule has 2 rings (SSSR count). The van der Waals surface area contributed by atoms with Gasteiger partial charge in [0.25, 0.3) is 0 Å². The van der Waals surface area contributed by atoms with Gasteiger partial charge in [0, 0.05) is 17.1 Å². The van der Waals surface area contributed by atoms with Crippen LogP contribution in [0, 0.1) is 0 Å². The highest BCUT2D eigenvalue weighted by Crippen LogP contribution is 2.27. The third kappa shape index (κ3) is 2.74. The third-order valence-electron chi connectivity index (χ3n) is 1.77. The average Bonchev–Trinajstić information content (AvgIpc) is 2.71. The van der Waals surface area contributed by atoms with E-state index in [2.05, 4.69) is 14.3 Å². The summed E-state index contributed by atoms with van der Waals surface area (Å²) in [6.07, 6.45) is 3.36. The molecule has 0 saturated heterocycles. The van der Waals surface area contributed by atoms with Crippen molar-refractivity contribution in [3.8, 4) is 0 Å². The summed E-state index contributed by atoms with van der Waals surface area (Å²) in [6, 6.07) is 3.91. The number of aromatic nitrogens is 3. The first-order valence-electron chi connectivity index (χ1n) is 4.42. The Hall–Kier alpha value is -0.980. The van der Waals surface area contributed by atoms with E-state index in [1.807, 2.05) is 25.3 Å². The Morgan fingerprint density at radius 2 is 2.27 bits per heavy atom. The largest absolute Gasteiger partial charge is 0.323 e. The molecule has 2 aromatic heterocycles.